The molecule has 0 aliphatic rings. The summed E-state index contributed by atoms with van der Waals surface area (Å²) in [6.45, 7) is 5.82. The summed E-state index contributed by atoms with van der Waals surface area (Å²) in [6, 6.07) is 11.2. The van der Waals surface area contributed by atoms with E-state index >= 15 is 0 Å². The fraction of sp³-hybridized carbons (Fsp3) is 0.273. The topological polar surface area (TPSA) is 81.4 Å². The van der Waals surface area contributed by atoms with Crippen LogP contribution in [0.15, 0.2) is 36.4 Å². The third-order valence-corrected chi connectivity index (χ3v) is 6.25. The van der Waals surface area contributed by atoms with Gasteiger partial charge in [-0.1, -0.05) is 42.0 Å². The highest BCUT2D eigenvalue weighted by Gasteiger charge is 2.13. The smallest absolute Gasteiger partial charge is 0.262 e. The van der Waals surface area contributed by atoms with Gasteiger partial charge in [0.05, 0.1) is 0 Å². The number of fused-ring (bicyclic) bond motifs is 1. The van der Waals surface area contributed by atoms with Crippen molar-refractivity contribution < 1.29 is 9.53 Å². The summed E-state index contributed by atoms with van der Waals surface area (Å²) in [6.07, 6.45) is 1.81. The van der Waals surface area contributed by atoms with Crippen LogP contribution in [0.2, 0.25) is 5.02 Å². The van der Waals surface area contributed by atoms with Gasteiger partial charge in [-0.15, -0.1) is 10.2 Å². The highest BCUT2D eigenvalue weighted by Crippen LogP contribution is 2.28. The highest BCUT2D eigenvalue weighted by atomic mass is 35.5. The van der Waals surface area contributed by atoms with E-state index in [-0.39, 0.29) is 12.5 Å². The monoisotopic (exact) mass is 455 g/mol. The van der Waals surface area contributed by atoms with Crippen molar-refractivity contribution in [2.24, 2.45) is 0 Å². The number of aromatic nitrogens is 4. The Morgan fingerprint density at radius 2 is 1.97 bits per heavy atom. The molecule has 0 spiro atoms. The standard InChI is InChI=1S/C22H22ClN5O2S/c1-4-6-18-25-26-22-28(18)27-21(31-22)15-7-5-8-16(11-15)24-19(29)12-30-17-9-13(2)20(23)14(3)10-17/h5,7-11H,4,6,12H2,1-3H3,(H,24,29). The highest BCUT2D eigenvalue weighted by molar-refractivity contribution is 7.19. The molecule has 4 aromatic rings. The molecule has 160 valence electrons. The summed E-state index contributed by atoms with van der Waals surface area (Å²) in [7, 11) is 0. The molecule has 1 N–H and O–H groups in total. The average molecular weight is 456 g/mol. The van der Waals surface area contributed by atoms with Crippen LogP contribution in [0.5, 0.6) is 5.75 Å². The summed E-state index contributed by atoms with van der Waals surface area (Å²) >= 11 is 7.65. The molecule has 0 bridgehead atoms. The molecule has 0 saturated carbocycles. The Labute approximate surface area is 189 Å². The van der Waals surface area contributed by atoms with Crippen LogP contribution in [0.25, 0.3) is 15.5 Å². The second-order valence-electron chi connectivity index (χ2n) is 7.26. The number of nitrogens with zero attached hydrogens (tertiary/aromatic N) is 4. The molecule has 31 heavy (non-hydrogen) atoms. The minimum Gasteiger partial charge on any atom is -0.484 e. The molecule has 0 saturated heterocycles. The van der Waals surface area contributed by atoms with Gasteiger partial charge in [-0.2, -0.15) is 9.61 Å². The second-order valence-corrected chi connectivity index (χ2v) is 8.59. The van der Waals surface area contributed by atoms with Crippen LogP contribution in [0, 0.1) is 13.8 Å². The largest absolute Gasteiger partial charge is 0.484 e. The third kappa shape index (κ3) is 4.70. The molecule has 2 aromatic carbocycles. The molecular weight excluding hydrogens is 434 g/mol. The molecule has 7 nitrogen and oxygen atoms in total. The second kappa shape index (κ2) is 9.03. The minimum atomic E-state index is -0.245. The van der Waals surface area contributed by atoms with Gasteiger partial charge in [0.15, 0.2) is 12.4 Å². The van der Waals surface area contributed by atoms with Crippen LogP contribution >= 0.6 is 22.9 Å². The number of rotatable bonds is 7. The normalized spacial score (nSPS) is 11.1. The number of nitrogens with one attached hydrogen (secondary N) is 1. The van der Waals surface area contributed by atoms with Gasteiger partial charge in [0.2, 0.25) is 4.96 Å². The molecule has 0 fully saturated rings. The zero-order valence-corrected chi connectivity index (χ0v) is 19.0. The first-order valence-electron chi connectivity index (χ1n) is 9.95. The van der Waals surface area contributed by atoms with Crippen LogP contribution in [0.4, 0.5) is 5.69 Å². The van der Waals surface area contributed by atoms with Crippen molar-refractivity contribution in [2.75, 3.05) is 11.9 Å². The van der Waals surface area contributed by atoms with Gasteiger partial charge in [0, 0.05) is 22.7 Å². The van der Waals surface area contributed by atoms with Crippen molar-refractivity contribution >= 4 is 39.5 Å². The number of hydrogen-bond donors (Lipinski definition) is 1. The lowest BCUT2D eigenvalue weighted by atomic mass is 10.1. The number of benzene rings is 2. The fourth-order valence-corrected chi connectivity index (χ4v) is 4.18. The van der Waals surface area contributed by atoms with E-state index < -0.39 is 0 Å². The van der Waals surface area contributed by atoms with E-state index in [1.807, 2.05) is 50.2 Å². The van der Waals surface area contributed by atoms with Gasteiger partial charge in [-0.3, -0.25) is 4.79 Å². The molecule has 1 amide bonds. The lowest BCUT2D eigenvalue weighted by molar-refractivity contribution is -0.118. The Morgan fingerprint density at radius 3 is 2.71 bits per heavy atom. The van der Waals surface area contributed by atoms with Crippen LogP contribution in [0.3, 0.4) is 0 Å². The van der Waals surface area contributed by atoms with E-state index in [1.54, 1.807) is 4.52 Å². The number of aryl methyl sites for hydroxylation is 3. The van der Waals surface area contributed by atoms with Gasteiger partial charge < -0.3 is 10.1 Å². The maximum Gasteiger partial charge on any atom is 0.262 e. The number of halogens is 1. The van der Waals surface area contributed by atoms with Crippen molar-refractivity contribution in [3.63, 3.8) is 0 Å². The Bertz CT molecular complexity index is 1230. The Kier molecular flexibility index (Phi) is 6.20. The summed E-state index contributed by atoms with van der Waals surface area (Å²) < 4.78 is 7.43. The van der Waals surface area contributed by atoms with E-state index in [4.69, 9.17) is 16.3 Å². The number of anilines is 1. The number of hydrogen-bond acceptors (Lipinski definition) is 6. The van der Waals surface area contributed by atoms with Gasteiger partial charge in [-0.25, -0.2) is 0 Å². The first-order valence-corrected chi connectivity index (χ1v) is 11.1. The first-order chi connectivity index (χ1) is 14.9. The van der Waals surface area contributed by atoms with E-state index in [2.05, 4.69) is 27.5 Å². The van der Waals surface area contributed by atoms with Gasteiger partial charge in [-0.05, 0) is 55.7 Å². The molecule has 0 atom stereocenters. The van der Waals surface area contributed by atoms with Crippen LogP contribution in [-0.2, 0) is 11.2 Å². The molecule has 0 aliphatic carbocycles. The summed E-state index contributed by atoms with van der Waals surface area (Å²) in [5.41, 5.74) is 3.41. The third-order valence-electron chi connectivity index (χ3n) is 4.70. The molecule has 2 heterocycles. The Morgan fingerprint density at radius 1 is 1.19 bits per heavy atom. The molecule has 2 aromatic heterocycles. The van der Waals surface area contributed by atoms with Crippen molar-refractivity contribution in [1.29, 1.82) is 0 Å². The first kappa shape index (κ1) is 21.3. The number of ether oxygens (including phenoxy) is 1. The van der Waals surface area contributed by atoms with E-state index in [9.17, 15) is 4.79 Å². The van der Waals surface area contributed by atoms with E-state index in [0.717, 1.165) is 45.3 Å². The lowest BCUT2D eigenvalue weighted by Crippen LogP contribution is -2.20. The van der Waals surface area contributed by atoms with Crippen molar-refractivity contribution in [1.82, 2.24) is 19.8 Å². The van der Waals surface area contributed by atoms with Crippen LogP contribution in [-0.4, -0.2) is 32.3 Å². The van der Waals surface area contributed by atoms with Crippen molar-refractivity contribution in [3.05, 3.63) is 58.4 Å². The van der Waals surface area contributed by atoms with Gasteiger partial charge >= 0.3 is 0 Å². The quantitative estimate of drug-likeness (QED) is 0.419. The molecule has 4 rings (SSSR count). The average Bonchev–Trinajstić information content (AvgIpc) is 3.33. The molecule has 0 radical (unpaired) electrons. The zero-order chi connectivity index (χ0) is 22.0. The zero-order valence-electron chi connectivity index (χ0n) is 17.5. The molecule has 0 aliphatic heterocycles. The van der Waals surface area contributed by atoms with Crippen LogP contribution < -0.4 is 10.1 Å². The fourth-order valence-electron chi connectivity index (χ4n) is 3.22. The van der Waals surface area contributed by atoms with E-state index in [0.29, 0.717) is 16.5 Å². The van der Waals surface area contributed by atoms with Gasteiger partial charge in [0.1, 0.15) is 10.8 Å². The van der Waals surface area contributed by atoms with Crippen molar-refractivity contribution in [3.8, 4) is 16.3 Å². The molecular formula is C22H22ClN5O2S. The van der Waals surface area contributed by atoms with E-state index in [1.165, 1.54) is 11.3 Å². The number of carbonyl (C=O) groups is 1. The maximum atomic E-state index is 12.4. The predicted molar refractivity (Wildman–Crippen MR) is 123 cm³/mol. The minimum absolute atomic E-state index is 0.0954. The number of amides is 1. The molecule has 0 unspecified atom stereocenters. The molecule has 9 heteroatoms. The maximum absolute atomic E-state index is 12.4. The Hall–Kier alpha value is -2.97. The van der Waals surface area contributed by atoms with Crippen molar-refractivity contribution in [2.45, 2.75) is 33.6 Å². The van der Waals surface area contributed by atoms with Crippen LogP contribution in [0.1, 0.15) is 30.3 Å². The predicted octanol–water partition coefficient (Wildman–Crippen LogP) is 5.09. The summed E-state index contributed by atoms with van der Waals surface area (Å²) in [4.78, 5) is 13.1. The summed E-state index contributed by atoms with van der Waals surface area (Å²) in [5.74, 6) is 1.23. The number of carbonyl (C=O) groups excluding carboxylic acids is 1. The van der Waals surface area contributed by atoms with Gasteiger partial charge in [0.25, 0.3) is 5.91 Å². The SMILES string of the molecule is CCCc1nnc2sc(-c3cccc(NC(=O)COc4cc(C)c(Cl)c(C)c4)c3)nn12. The Balaban J connectivity index is 1.44. The lowest BCUT2D eigenvalue weighted by Gasteiger charge is -2.10. The summed E-state index contributed by atoms with van der Waals surface area (Å²) in [5, 5.41) is 17.4.